The van der Waals surface area contributed by atoms with Crippen LogP contribution in [-0.2, 0) is 17.2 Å². The molecule has 0 amide bonds. The molecule has 78 valence electrons. The van der Waals surface area contributed by atoms with E-state index >= 15 is 0 Å². The van der Waals surface area contributed by atoms with Crippen LogP contribution in [0.15, 0.2) is 0 Å². The van der Waals surface area contributed by atoms with Crippen LogP contribution in [0.4, 0.5) is 0 Å². The molecule has 6 heteroatoms. The molecule has 0 radical (unpaired) electrons. The van der Waals surface area contributed by atoms with Crippen LogP contribution < -0.4 is 0 Å². The average molecular weight is 217 g/mol. The summed E-state index contributed by atoms with van der Waals surface area (Å²) in [5.74, 6) is 1.74. The van der Waals surface area contributed by atoms with Crippen molar-refractivity contribution in [3.63, 3.8) is 0 Å². The van der Waals surface area contributed by atoms with E-state index in [1.807, 2.05) is 0 Å². The van der Waals surface area contributed by atoms with Gasteiger partial charge in [0.1, 0.15) is 0 Å². The highest BCUT2D eigenvalue weighted by Crippen LogP contribution is 2.16. The number of hydrogen-bond donors (Lipinski definition) is 0. The number of halogens is 1. The molecule has 0 saturated carbocycles. The maximum atomic E-state index is 5.70. The average Bonchev–Trinajstić information content (AvgIpc) is 2.67. The first-order valence-electron chi connectivity index (χ1n) is 4.79. The minimum atomic E-state index is 0.371. The molecule has 14 heavy (non-hydrogen) atoms. The molecule has 1 aliphatic heterocycles. The second-order valence-corrected chi connectivity index (χ2v) is 3.73. The smallest absolute Gasteiger partial charge is 0.166 e. The molecule has 1 aromatic rings. The van der Waals surface area contributed by atoms with Gasteiger partial charge in [-0.15, -0.1) is 16.7 Å². The fourth-order valence-electron chi connectivity index (χ4n) is 1.63. The predicted molar refractivity (Wildman–Crippen MR) is 50.9 cm³/mol. The van der Waals surface area contributed by atoms with Crippen LogP contribution >= 0.6 is 11.6 Å². The van der Waals surface area contributed by atoms with Crippen LogP contribution in [0, 0.1) is 5.92 Å². The molecule has 5 nitrogen and oxygen atoms in total. The van der Waals surface area contributed by atoms with Gasteiger partial charge in [0.05, 0.1) is 5.88 Å². The van der Waals surface area contributed by atoms with Gasteiger partial charge in [-0.1, -0.05) is 0 Å². The first-order chi connectivity index (χ1) is 6.90. The summed E-state index contributed by atoms with van der Waals surface area (Å²) in [5, 5.41) is 11.4. The van der Waals surface area contributed by atoms with Crippen LogP contribution in [0.1, 0.15) is 18.7 Å². The lowest BCUT2D eigenvalue weighted by Gasteiger charge is -2.21. The summed E-state index contributed by atoms with van der Waals surface area (Å²) < 4.78 is 7.08. The zero-order valence-corrected chi connectivity index (χ0v) is 8.65. The van der Waals surface area contributed by atoms with Gasteiger partial charge in [-0.3, -0.25) is 0 Å². The Morgan fingerprint density at radius 2 is 2.21 bits per heavy atom. The molecule has 1 saturated heterocycles. The van der Waals surface area contributed by atoms with Gasteiger partial charge in [-0.25, -0.2) is 4.68 Å². The van der Waals surface area contributed by atoms with Crippen molar-refractivity contribution in [1.29, 1.82) is 0 Å². The quantitative estimate of drug-likeness (QED) is 0.703. The standard InChI is InChI=1S/C8H13ClN4O/c9-5-8-10-11-12-13(8)6-7-1-3-14-4-2-7/h7H,1-6H2. The minimum absolute atomic E-state index is 0.371. The molecule has 0 aliphatic carbocycles. The first kappa shape index (κ1) is 9.86. The highest BCUT2D eigenvalue weighted by molar-refractivity contribution is 6.16. The predicted octanol–water partition coefficient (Wildman–Crippen LogP) is 0.838. The number of nitrogens with zero attached hydrogens (tertiary/aromatic N) is 4. The maximum Gasteiger partial charge on any atom is 0.166 e. The van der Waals surface area contributed by atoms with Crippen LogP contribution in [0.5, 0.6) is 0 Å². The van der Waals surface area contributed by atoms with Gasteiger partial charge in [0, 0.05) is 19.8 Å². The molecule has 0 spiro atoms. The molecule has 0 atom stereocenters. The van der Waals surface area contributed by atoms with E-state index in [0.29, 0.717) is 11.8 Å². The number of ether oxygens (including phenoxy) is 1. The molecule has 1 fully saturated rings. The summed E-state index contributed by atoms with van der Waals surface area (Å²) in [4.78, 5) is 0. The monoisotopic (exact) mass is 216 g/mol. The van der Waals surface area contributed by atoms with Gasteiger partial charge in [0.25, 0.3) is 0 Å². The van der Waals surface area contributed by atoms with Crippen LogP contribution in [0.2, 0.25) is 0 Å². The zero-order chi connectivity index (χ0) is 9.80. The molecular formula is C8H13ClN4O. The molecule has 2 rings (SSSR count). The highest BCUT2D eigenvalue weighted by atomic mass is 35.5. The first-order valence-corrected chi connectivity index (χ1v) is 5.32. The third-order valence-electron chi connectivity index (χ3n) is 2.50. The molecule has 0 N–H and O–H groups in total. The summed E-state index contributed by atoms with van der Waals surface area (Å²) in [6.45, 7) is 2.56. The lowest BCUT2D eigenvalue weighted by Crippen LogP contribution is -2.21. The van der Waals surface area contributed by atoms with E-state index in [2.05, 4.69) is 15.5 Å². The fourth-order valence-corrected chi connectivity index (χ4v) is 1.83. The second-order valence-electron chi connectivity index (χ2n) is 3.47. The fraction of sp³-hybridized carbons (Fsp3) is 0.875. The Morgan fingerprint density at radius 1 is 1.43 bits per heavy atom. The van der Waals surface area contributed by atoms with Gasteiger partial charge in [0.15, 0.2) is 5.82 Å². The minimum Gasteiger partial charge on any atom is -0.381 e. The number of alkyl halides is 1. The molecule has 0 aromatic carbocycles. The van der Waals surface area contributed by atoms with Crippen molar-refractivity contribution in [3.05, 3.63) is 5.82 Å². The van der Waals surface area contributed by atoms with E-state index in [1.165, 1.54) is 0 Å². The van der Waals surface area contributed by atoms with Crippen molar-refractivity contribution in [1.82, 2.24) is 20.2 Å². The lowest BCUT2D eigenvalue weighted by atomic mass is 10.0. The normalized spacial score (nSPS) is 18.6. The van der Waals surface area contributed by atoms with E-state index in [4.69, 9.17) is 16.3 Å². The van der Waals surface area contributed by atoms with Crippen molar-refractivity contribution in [2.24, 2.45) is 5.92 Å². The van der Waals surface area contributed by atoms with Gasteiger partial charge < -0.3 is 4.74 Å². The molecular weight excluding hydrogens is 204 g/mol. The van der Waals surface area contributed by atoms with E-state index in [1.54, 1.807) is 4.68 Å². The van der Waals surface area contributed by atoms with Crippen LogP contribution in [0.25, 0.3) is 0 Å². The van der Waals surface area contributed by atoms with Crippen molar-refractivity contribution in [3.8, 4) is 0 Å². The van der Waals surface area contributed by atoms with Gasteiger partial charge in [0.2, 0.25) is 0 Å². The molecule has 2 heterocycles. The molecule has 0 unspecified atom stereocenters. The third kappa shape index (κ3) is 2.22. The Balaban J connectivity index is 1.95. The summed E-state index contributed by atoms with van der Waals surface area (Å²) >= 11 is 5.70. The van der Waals surface area contributed by atoms with E-state index in [0.717, 1.165) is 38.4 Å². The maximum absolute atomic E-state index is 5.70. The Bertz CT molecular complexity index is 285. The van der Waals surface area contributed by atoms with Crippen LogP contribution in [0.3, 0.4) is 0 Å². The third-order valence-corrected chi connectivity index (χ3v) is 2.74. The molecule has 0 bridgehead atoms. The Kier molecular flexibility index (Phi) is 3.31. The summed E-state index contributed by atoms with van der Waals surface area (Å²) in [7, 11) is 0. The summed E-state index contributed by atoms with van der Waals surface area (Å²) in [6, 6.07) is 0. The van der Waals surface area contributed by atoms with Crippen molar-refractivity contribution < 1.29 is 4.74 Å². The Hall–Kier alpha value is -0.680. The van der Waals surface area contributed by atoms with E-state index < -0.39 is 0 Å². The van der Waals surface area contributed by atoms with Gasteiger partial charge in [-0.05, 0) is 29.2 Å². The highest BCUT2D eigenvalue weighted by Gasteiger charge is 2.16. The van der Waals surface area contributed by atoms with Gasteiger partial charge in [-0.2, -0.15) is 0 Å². The van der Waals surface area contributed by atoms with Crippen molar-refractivity contribution >= 4 is 11.6 Å². The van der Waals surface area contributed by atoms with Crippen molar-refractivity contribution in [2.45, 2.75) is 25.3 Å². The largest absolute Gasteiger partial charge is 0.381 e. The van der Waals surface area contributed by atoms with E-state index in [9.17, 15) is 0 Å². The van der Waals surface area contributed by atoms with E-state index in [-0.39, 0.29) is 0 Å². The lowest BCUT2D eigenvalue weighted by molar-refractivity contribution is 0.0597. The number of aromatic nitrogens is 4. The molecule has 1 aliphatic rings. The molecule has 1 aromatic heterocycles. The zero-order valence-electron chi connectivity index (χ0n) is 7.90. The summed E-state index contributed by atoms with van der Waals surface area (Å²) in [5.41, 5.74) is 0. The second kappa shape index (κ2) is 4.70. The number of tetrazole rings is 1. The van der Waals surface area contributed by atoms with Crippen LogP contribution in [-0.4, -0.2) is 33.4 Å². The topological polar surface area (TPSA) is 52.8 Å². The van der Waals surface area contributed by atoms with Gasteiger partial charge >= 0.3 is 0 Å². The number of hydrogen-bond acceptors (Lipinski definition) is 4. The van der Waals surface area contributed by atoms with Crippen molar-refractivity contribution in [2.75, 3.05) is 13.2 Å². The Morgan fingerprint density at radius 3 is 2.93 bits per heavy atom. The number of rotatable bonds is 3. The summed E-state index contributed by atoms with van der Waals surface area (Å²) in [6.07, 6.45) is 2.17. The Labute approximate surface area is 87.4 Å². The SMILES string of the molecule is ClCc1nnnn1CC1CCOCC1.